The Morgan fingerprint density at radius 2 is 2.15 bits per heavy atom. The van der Waals surface area contributed by atoms with E-state index in [1.165, 1.54) is 5.69 Å². The van der Waals surface area contributed by atoms with Gasteiger partial charge in [0.05, 0.1) is 6.54 Å². The van der Waals surface area contributed by atoms with Crippen LogP contribution in [0.2, 0.25) is 0 Å². The molecule has 0 spiro atoms. The lowest BCUT2D eigenvalue weighted by Crippen LogP contribution is -2.38. The summed E-state index contributed by atoms with van der Waals surface area (Å²) in [5.41, 5.74) is 2.31. The topological polar surface area (TPSA) is 63.3 Å². The molecule has 0 unspecified atom stereocenters. The molecule has 3 heterocycles. The van der Waals surface area contributed by atoms with Gasteiger partial charge < -0.3 is 14.8 Å². The van der Waals surface area contributed by atoms with Gasteiger partial charge in [-0.05, 0) is 45.8 Å². The normalized spacial score (nSPS) is 11.2. The number of nitrogens with zero attached hydrogens (tertiary/aromatic N) is 6. The first-order valence-electron chi connectivity index (χ1n) is 8.24. The van der Waals surface area contributed by atoms with E-state index in [-0.39, 0.29) is 24.0 Å². The molecule has 0 saturated carbocycles. The van der Waals surface area contributed by atoms with Crippen molar-refractivity contribution >= 4 is 45.9 Å². The summed E-state index contributed by atoms with van der Waals surface area (Å²) in [5, 5.41) is 7.62. The van der Waals surface area contributed by atoms with Crippen molar-refractivity contribution in [1.82, 2.24) is 29.5 Å². The molecule has 9 heteroatoms. The Morgan fingerprint density at radius 1 is 1.33 bits per heavy atom. The van der Waals surface area contributed by atoms with Crippen LogP contribution >= 0.6 is 39.9 Å². The number of hydrogen-bond donors (Lipinski definition) is 1. The van der Waals surface area contributed by atoms with Crippen molar-refractivity contribution in [2.45, 2.75) is 13.1 Å². The second-order valence-electron chi connectivity index (χ2n) is 5.99. The van der Waals surface area contributed by atoms with Crippen LogP contribution in [0.15, 0.2) is 58.5 Å². The first-order chi connectivity index (χ1) is 12.6. The molecule has 1 N–H and O–H groups in total. The highest BCUT2D eigenvalue weighted by atomic mass is 127. The average molecular weight is 544 g/mol. The zero-order valence-corrected chi connectivity index (χ0v) is 19.4. The molecule has 0 bridgehead atoms. The summed E-state index contributed by atoms with van der Waals surface area (Å²) in [6.07, 6.45) is 7.46. The fraction of sp³-hybridized carbons (Fsp3) is 0.278. The van der Waals surface area contributed by atoms with Crippen LogP contribution in [0.25, 0.3) is 5.82 Å². The minimum Gasteiger partial charge on any atom is -0.352 e. The largest absolute Gasteiger partial charge is 0.352 e. The Bertz CT molecular complexity index is 889. The van der Waals surface area contributed by atoms with E-state index in [0.717, 1.165) is 28.4 Å². The number of pyridine rings is 1. The third kappa shape index (κ3) is 5.55. The second-order valence-corrected chi connectivity index (χ2v) is 6.91. The van der Waals surface area contributed by atoms with Crippen molar-refractivity contribution in [2.75, 3.05) is 14.1 Å². The highest BCUT2D eigenvalue weighted by molar-refractivity contribution is 14.0. The summed E-state index contributed by atoms with van der Waals surface area (Å²) in [7, 11) is 5.86. The van der Waals surface area contributed by atoms with Gasteiger partial charge in [0.15, 0.2) is 11.8 Å². The third-order valence-corrected chi connectivity index (χ3v) is 4.48. The fourth-order valence-electron chi connectivity index (χ4n) is 2.71. The maximum Gasteiger partial charge on any atom is 0.194 e. The standard InChI is InChI=1S/C18H22BrN7.HI/c1-20-18(25(3)13-16-10-15(19)12-24(16)2)22-11-14-5-7-21-17(9-14)26-8-4-6-23-26;/h4-10,12H,11,13H2,1-3H3,(H,20,22);1H. The molecule has 3 aromatic heterocycles. The maximum atomic E-state index is 4.39. The minimum atomic E-state index is 0. The highest BCUT2D eigenvalue weighted by Gasteiger charge is 2.10. The lowest BCUT2D eigenvalue weighted by atomic mass is 10.2. The summed E-state index contributed by atoms with van der Waals surface area (Å²) in [4.78, 5) is 10.8. The first-order valence-corrected chi connectivity index (χ1v) is 9.03. The van der Waals surface area contributed by atoms with Crippen molar-refractivity contribution < 1.29 is 0 Å². The van der Waals surface area contributed by atoms with Gasteiger partial charge in [-0.1, -0.05) is 0 Å². The number of aromatic nitrogens is 4. The van der Waals surface area contributed by atoms with E-state index in [1.54, 1.807) is 24.1 Å². The molecule has 0 aliphatic rings. The Morgan fingerprint density at radius 3 is 2.78 bits per heavy atom. The van der Waals surface area contributed by atoms with Crippen molar-refractivity contribution in [3.05, 3.63) is 64.8 Å². The zero-order valence-electron chi connectivity index (χ0n) is 15.5. The fourth-order valence-corrected chi connectivity index (χ4v) is 3.28. The molecule has 0 aliphatic carbocycles. The minimum absolute atomic E-state index is 0. The number of aryl methyl sites for hydroxylation is 1. The van der Waals surface area contributed by atoms with Crippen molar-refractivity contribution in [3.63, 3.8) is 0 Å². The van der Waals surface area contributed by atoms with Crippen LogP contribution < -0.4 is 5.32 Å². The van der Waals surface area contributed by atoms with E-state index < -0.39 is 0 Å². The molecule has 3 rings (SSSR count). The van der Waals surface area contributed by atoms with Gasteiger partial charge >= 0.3 is 0 Å². The zero-order chi connectivity index (χ0) is 18.5. The molecule has 7 nitrogen and oxygen atoms in total. The van der Waals surface area contributed by atoms with Crippen LogP contribution in [0.4, 0.5) is 0 Å². The number of halogens is 2. The average Bonchev–Trinajstić information content (AvgIpc) is 3.26. The monoisotopic (exact) mass is 543 g/mol. The number of aliphatic imine (C=N–C) groups is 1. The van der Waals surface area contributed by atoms with Crippen LogP contribution in [0.3, 0.4) is 0 Å². The Hall–Kier alpha value is -1.88. The highest BCUT2D eigenvalue weighted by Crippen LogP contribution is 2.15. The molecule has 0 fully saturated rings. The molecule has 0 aromatic carbocycles. The summed E-state index contributed by atoms with van der Waals surface area (Å²) in [6.45, 7) is 1.42. The number of hydrogen-bond acceptors (Lipinski definition) is 3. The van der Waals surface area contributed by atoms with Crippen molar-refractivity contribution in [1.29, 1.82) is 0 Å². The predicted molar refractivity (Wildman–Crippen MR) is 122 cm³/mol. The Balaban J connectivity index is 0.00000261. The summed E-state index contributed by atoms with van der Waals surface area (Å²) in [5.74, 6) is 1.63. The van der Waals surface area contributed by atoms with Gasteiger partial charge in [-0.3, -0.25) is 4.99 Å². The van der Waals surface area contributed by atoms with Gasteiger partial charge in [-0.25, -0.2) is 9.67 Å². The summed E-state index contributed by atoms with van der Waals surface area (Å²) in [6, 6.07) is 8.00. The lowest BCUT2D eigenvalue weighted by molar-refractivity contribution is 0.461. The van der Waals surface area contributed by atoms with Crippen molar-refractivity contribution in [2.24, 2.45) is 12.0 Å². The maximum absolute atomic E-state index is 4.39. The number of guanidine groups is 1. The van der Waals surface area contributed by atoms with Crippen LogP contribution in [-0.2, 0) is 20.1 Å². The van der Waals surface area contributed by atoms with E-state index in [1.807, 2.05) is 44.7 Å². The van der Waals surface area contributed by atoms with Gasteiger partial charge in [-0.15, -0.1) is 24.0 Å². The number of rotatable bonds is 5. The van der Waals surface area contributed by atoms with Crippen LogP contribution in [0, 0.1) is 0 Å². The van der Waals surface area contributed by atoms with Crippen molar-refractivity contribution in [3.8, 4) is 5.82 Å². The van der Waals surface area contributed by atoms with Crippen LogP contribution in [0.5, 0.6) is 0 Å². The molecule has 3 aromatic rings. The molecule has 0 atom stereocenters. The Kier molecular flexibility index (Phi) is 7.84. The molecule has 0 aliphatic heterocycles. The summed E-state index contributed by atoms with van der Waals surface area (Å²) >= 11 is 3.51. The molecule has 144 valence electrons. The molecule has 27 heavy (non-hydrogen) atoms. The van der Waals surface area contributed by atoms with Gasteiger partial charge in [0.25, 0.3) is 0 Å². The number of nitrogens with one attached hydrogen (secondary N) is 1. The third-order valence-electron chi connectivity index (χ3n) is 4.05. The van der Waals surface area contributed by atoms with Crippen LogP contribution in [-0.4, -0.2) is 44.3 Å². The van der Waals surface area contributed by atoms with Gasteiger partial charge in [-0.2, -0.15) is 5.10 Å². The van der Waals surface area contributed by atoms with Gasteiger partial charge in [0, 0.05) is 62.6 Å². The second kappa shape index (κ2) is 9.88. The first kappa shape index (κ1) is 21.4. The van der Waals surface area contributed by atoms with E-state index in [0.29, 0.717) is 6.54 Å². The summed E-state index contributed by atoms with van der Waals surface area (Å²) < 4.78 is 4.93. The SMILES string of the molecule is CN=C(NCc1ccnc(-n2cccn2)c1)N(C)Cc1cc(Br)cn1C.I. The quantitative estimate of drug-likeness (QED) is 0.305. The smallest absolute Gasteiger partial charge is 0.194 e. The predicted octanol–water partition coefficient (Wildman–Crippen LogP) is 3.19. The molecule has 0 amide bonds. The van der Waals surface area contributed by atoms with E-state index in [9.17, 15) is 0 Å². The Labute approximate surface area is 184 Å². The van der Waals surface area contributed by atoms with Gasteiger partial charge in [0.2, 0.25) is 0 Å². The molecular weight excluding hydrogens is 521 g/mol. The van der Waals surface area contributed by atoms with Gasteiger partial charge in [0.1, 0.15) is 0 Å². The van der Waals surface area contributed by atoms with E-state index in [2.05, 4.69) is 51.9 Å². The van der Waals surface area contributed by atoms with Crippen LogP contribution in [0.1, 0.15) is 11.3 Å². The lowest BCUT2D eigenvalue weighted by Gasteiger charge is -2.22. The van der Waals surface area contributed by atoms with E-state index in [4.69, 9.17) is 0 Å². The van der Waals surface area contributed by atoms with E-state index >= 15 is 0 Å². The molecule has 0 saturated heterocycles. The molecule has 0 radical (unpaired) electrons. The molecular formula is C18H23BrIN7.